The van der Waals surface area contributed by atoms with E-state index in [2.05, 4.69) is 32.2 Å². The van der Waals surface area contributed by atoms with Gasteiger partial charge in [-0.3, -0.25) is 4.79 Å². The molecule has 1 amide bonds. The molecule has 0 aliphatic carbocycles. The molecule has 0 radical (unpaired) electrons. The molecule has 1 heterocycles. The highest BCUT2D eigenvalue weighted by molar-refractivity contribution is 7.99. The Morgan fingerprint density at radius 1 is 1.39 bits per heavy atom. The first-order valence-electron chi connectivity index (χ1n) is 7.80. The smallest absolute Gasteiger partial charge is 0.244 e. The molecule has 3 N–H and O–H groups in total. The molecule has 1 aromatic rings. The highest BCUT2D eigenvalue weighted by atomic mass is 35.5. The summed E-state index contributed by atoms with van der Waals surface area (Å²) in [6.07, 6.45) is 1.14. The van der Waals surface area contributed by atoms with Crippen LogP contribution < -0.4 is 11.1 Å². The summed E-state index contributed by atoms with van der Waals surface area (Å²) in [4.78, 5) is 12.5. The van der Waals surface area contributed by atoms with Crippen LogP contribution in [0.5, 0.6) is 0 Å². The molecule has 23 heavy (non-hydrogen) atoms. The Morgan fingerprint density at radius 3 is 2.65 bits per heavy atom. The van der Waals surface area contributed by atoms with Crippen molar-refractivity contribution in [2.24, 2.45) is 5.73 Å². The van der Waals surface area contributed by atoms with E-state index in [4.69, 9.17) is 10.5 Å². The fourth-order valence-corrected chi connectivity index (χ4v) is 3.27. The third kappa shape index (κ3) is 5.38. The van der Waals surface area contributed by atoms with Gasteiger partial charge in [-0.1, -0.05) is 26.0 Å². The lowest BCUT2D eigenvalue weighted by molar-refractivity contribution is -0.124. The van der Waals surface area contributed by atoms with Gasteiger partial charge in [0.05, 0.1) is 0 Å². The Labute approximate surface area is 149 Å². The van der Waals surface area contributed by atoms with E-state index in [9.17, 15) is 4.79 Å². The predicted octanol–water partition coefficient (Wildman–Crippen LogP) is 3.50. The van der Waals surface area contributed by atoms with Crippen LogP contribution in [0.4, 0.5) is 5.69 Å². The molecule has 0 bridgehead atoms. The first-order chi connectivity index (χ1) is 10.4. The van der Waals surface area contributed by atoms with Gasteiger partial charge >= 0.3 is 0 Å². The van der Waals surface area contributed by atoms with Crippen molar-refractivity contribution in [3.05, 3.63) is 29.3 Å². The van der Waals surface area contributed by atoms with E-state index in [0.29, 0.717) is 31.3 Å². The third-order valence-electron chi connectivity index (χ3n) is 4.10. The van der Waals surface area contributed by atoms with Gasteiger partial charge in [0.2, 0.25) is 5.91 Å². The standard InChI is InChI=1S/C17H26N2O2S.ClH/c1-12(2)22-11-14-5-4-6-15(13(14)3)19-16(20)17(18)7-9-21-10-8-17;/h4-6,12H,7-11,18H2,1-3H3,(H,19,20);1H. The summed E-state index contributed by atoms with van der Waals surface area (Å²) < 4.78 is 5.30. The monoisotopic (exact) mass is 358 g/mol. The molecule has 1 fully saturated rings. The molecule has 4 nitrogen and oxygen atoms in total. The van der Waals surface area contributed by atoms with E-state index < -0.39 is 5.54 Å². The minimum atomic E-state index is -0.812. The van der Waals surface area contributed by atoms with Crippen LogP contribution in [0.3, 0.4) is 0 Å². The number of rotatable bonds is 5. The quantitative estimate of drug-likeness (QED) is 0.845. The summed E-state index contributed by atoms with van der Waals surface area (Å²) in [6, 6.07) is 6.05. The first-order valence-corrected chi connectivity index (χ1v) is 8.85. The second-order valence-electron chi connectivity index (χ2n) is 6.17. The fourth-order valence-electron chi connectivity index (χ4n) is 2.44. The van der Waals surface area contributed by atoms with E-state index in [1.807, 2.05) is 23.9 Å². The minimum absolute atomic E-state index is 0. The number of benzene rings is 1. The van der Waals surface area contributed by atoms with Crippen molar-refractivity contribution < 1.29 is 9.53 Å². The van der Waals surface area contributed by atoms with Gasteiger partial charge in [0.25, 0.3) is 0 Å². The van der Waals surface area contributed by atoms with E-state index in [1.54, 1.807) is 0 Å². The Bertz CT molecular complexity index is 531. The van der Waals surface area contributed by atoms with Crippen molar-refractivity contribution in [2.45, 2.75) is 50.2 Å². The summed E-state index contributed by atoms with van der Waals surface area (Å²) in [5.41, 5.74) is 8.68. The largest absolute Gasteiger partial charge is 0.381 e. The summed E-state index contributed by atoms with van der Waals surface area (Å²) in [6.45, 7) is 7.53. The van der Waals surface area contributed by atoms with Crippen LogP contribution >= 0.6 is 24.2 Å². The number of halogens is 1. The Hall–Kier alpha value is -0.750. The zero-order chi connectivity index (χ0) is 16.2. The number of hydrogen-bond acceptors (Lipinski definition) is 4. The lowest BCUT2D eigenvalue weighted by atomic mass is 9.90. The van der Waals surface area contributed by atoms with Gasteiger partial charge in [0, 0.05) is 24.7 Å². The molecule has 1 aromatic carbocycles. The summed E-state index contributed by atoms with van der Waals surface area (Å²) in [7, 11) is 0. The highest BCUT2D eigenvalue weighted by Gasteiger charge is 2.36. The van der Waals surface area contributed by atoms with Crippen LogP contribution in [0.2, 0.25) is 0 Å². The summed E-state index contributed by atoms with van der Waals surface area (Å²) in [5, 5.41) is 3.61. The average molecular weight is 359 g/mol. The lowest BCUT2D eigenvalue weighted by Crippen LogP contribution is -2.54. The van der Waals surface area contributed by atoms with Gasteiger partial charge in [-0.15, -0.1) is 12.4 Å². The molecule has 130 valence electrons. The topological polar surface area (TPSA) is 64.4 Å². The molecule has 2 rings (SSSR count). The molecular formula is C17H27ClN2O2S. The van der Waals surface area contributed by atoms with Crippen LogP contribution in [-0.4, -0.2) is 29.9 Å². The van der Waals surface area contributed by atoms with Gasteiger partial charge in [-0.2, -0.15) is 11.8 Å². The van der Waals surface area contributed by atoms with Crippen molar-refractivity contribution in [1.82, 2.24) is 0 Å². The van der Waals surface area contributed by atoms with Gasteiger partial charge < -0.3 is 15.8 Å². The SMILES string of the molecule is Cc1c(CSC(C)C)cccc1NC(=O)C1(N)CCOCC1.Cl. The molecular weight excluding hydrogens is 332 g/mol. The number of anilines is 1. The number of carbonyl (C=O) groups excluding carboxylic acids is 1. The number of ether oxygens (including phenoxy) is 1. The van der Waals surface area contributed by atoms with Gasteiger partial charge in [0.1, 0.15) is 5.54 Å². The molecule has 1 saturated heterocycles. The Morgan fingerprint density at radius 2 is 2.04 bits per heavy atom. The van der Waals surface area contributed by atoms with Gasteiger partial charge in [-0.05, 0) is 42.2 Å². The number of nitrogens with one attached hydrogen (secondary N) is 1. The van der Waals surface area contributed by atoms with Crippen molar-refractivity contribution in [2.75, 3.05) is 18.5 Å². The van der Waals surface area contributed by atoms with E-state index >= 15 is 0 Å². The van der Waals surface area contributed by atoms with Crippen molar-refractivity contribution in [3.63, 3.8) is 0 Å². The highest BCUT2D eigenvalue weighted by Crippen LogP contribution is 2.26. The van der Waals surface area contributed by atoms with Crippen LogP contribution in [0.15, 0.2) is 18.2 Å². The number of hydrogen-bond donors (Lipinski definition) is 2. The maximum atomic E-state index is 12.5. The molecule has 0 saturated carbocycles. The van der Waals surface area contributed by atoms with Gasteiger partial charge in [-0.25, -0.2) is 0 Å². The van der Waals surface area contributed by atoms with Crippen molar-refractivity contribution in [1.29, 1.82) is 0 Å². The van der Waals surface area contributed by atoms with Gasteiger partial charge in [0.15, 0.2) is 0 Å². The zero-order valence-corrected chi connectivity index (χ0v) is 15.7. The second-order valence-corrected chi connectivity index (χ2v) is 7.74. The third-order valence-corrected chi connectivity index (χ3v) is 5.25. The maximum Gasteiger partial charge on any atom is 0.244 e. The number of carbonyl (C=O) groups is 1. The lowest BCUT2D eigenvalue weighted by Gasteiger charge is -2.32. The fraction of sp³-hybridized carbons (Fsp3) is 0.588. The number of nitrogens with two attached hydrogens (primary N) is 1. The van der Waals surface area contributed by atoms with E-state index in [-0.39, 0.29) is 18.3 Å². The van der Waals surface area contributed by atoms with Crippen molar-refractivity contribution in [3.8, 4) is 0 Å². The van der Waals surface area contributed by atoms with Crippen molar-refractivity contribution >= 4 is 35.8 Å². The average Bonchev–Trinajstić information content (AvgIpc) is 2.48. The van der Waals surface area contributed by atoms with E-state index in [1.165, 1.54) is 5.56 Å². The normalized spacial score (nSPS) is 16.7. The molecule has 1 aliphatic rings. The summed E-state index contributed by atoms with van der Waals surface area (Å²) >= 11 is 1.90. The molecule has 0 atom stereocenters. The van der Waals surface area contributed by atoms with Crippen LogP contribution in [-0.2, 0) is 15.3 Å². The second kappa shape index (κ2) is 8.92. The predicted molar refractivity (Wildman–Crippen MR) is 100 cm³/mol. The number of amides is 1. The molecule has 0 spiro atoms. The summed E-state index contributed by atoms with van der Waals surface area (Å²) in [5.74, 6) is 0.849. The molecule has 1 aliphatic heterocycles. The van der Waals surface area contributed by atoms with Crippen LogP contribution in [0.25, 0.3) is 0 Å². The van der Waals surface area contributed by atoms with Crippen LogP contribution in [0, 0.1) is 6.92 Å². The van der Waals surface area contributed by atoms with Crippen LogP contribution in [0.1, 0.15) is 37.8 Å². The number of thioether (sulfide) groups is 1. The maximum absolute atomic E-state index is 12.5. The zero-order valence-electron chi connectivity index (χ0n) is 14.1. The first kappa shape index (κ1) is 20.3. The molecule has 0 unspecified atom stereocenters. The minimum Gasteiger partial charge on any atom is -0.381 e. The molecule has 6 heteroatoms. The molecule has 0 aromatic heterocycles. The van der Waals surface area contributed by atoms with E-state index in [0.717, 1.165) is 17.0 Å². The Balaban J connectivity index is 0.00000264. The Kier molecular flexibility index (Phi) is 7.87.